The highest BCUT2D eigenvalue weighted by atomic mass is 32.1. The first-order valence-electron chi connectivity index (χ1n) is 7.09. The Labute approximate surface area is 127 Å². The summed E-state index contributed by atoms with van der Waals surface area (Å²) in [6, 6.07) is 3.71. The highest BCUT2D eigenvalue weighted by molar-refractivity contribution is 7.13. The second-order valence-electron chi connectivity index (χ2n) is 5.56. The van der Waals surface area contributed by atoms with Crippen molar-refractivity contribution in [2.75, 3.05) is 6.54 Å². The van der Waals surface area contributed by atoms with Crippen molar-refractivity contribution < 1.29 is 14.3 Å². The fourth-order valence-electron chi connectivity index (χ4n) is 2.59. The lowest BCUT2D eigenvalue weighted by Gasteiger charge is -2.21. The van der Waals surface area contributed by atoms with E-state index in [-0.39, 0.29) is 5.91 Å². The molecule has 1 aliphatic rings. The van der Waals surface area contributed by atoms with Crippen LogP contribution >= 0.6 is 11.3 Å². The van der Waals surface area contributed by atoms with Gasteiger partial charge in [0.2, 0.25) is 0 Å². The van der Waals surface area contributed by atoms with Crippen LogP contribution in [0.2, 0.25) is 0 Å². The fraction of sp³-hybridized carbons (Fsp3) is 0.467. The fourth-order valence-corrected chi connectivity index (χ4v) is 3.35. The molecule has 1 aliphatic carbocycles. The second kappa shape index (κ2) is 5.61. The molecule has 0 unspecified atom stereocenters. The van der Waals surface area contributed by atoms with Crippen molar-refractivity contribution in [1.29, 1.82) is 0 Å². The Kier molecular flexibility index (Phi) is 3.82. The Hall–Kier alpha value is -1.66. The van der Waals surface area contributed by atoms with E-state index in [1.54, 1.807) is 5.38 Å². The molecule has 0 aromatic carbocycles. The molecule has 21 heavy (non-hydrogen) atoms. The maximum Gasteiger partial charge on any atom is 0.270 e. The predicted octanol–water partition coefficient (Wildman–Crippen LogP) is 2.75. The van der Waals surface area contributed by atoms with E-state index < -0.39 is 5.60 Å². The van der Waals surface area contributed by atoms with Gasteiger partial charge in [-0.25, -0.2) is 4.98 Å². The number of aliphatic hydroxyl groups is 1. The van der Waals surface area contributed by atoms with E-state index in [0.29, 0.717) is 23.0 Å². The van der Waals surface area contributed by atoms with Crippen LogP contribution in [0.3, 0.4) is 0 Å². The molecule has 2 heterocycles. The maximum absolute atomic E-state index is 12.1. The van der Waals surface area contributed by atoms with Gasteiger partial charge in [0.1, 0.15) is 11.5 Å². The number of aryl methyl sites for hydroxylation is 1. The van der Waals surface area contributed by atoms with Crippen LogP contribution in [0.5, 0.6) is 0 Å². The van der Waals surface area contributed by atoms with Crippen LogP contribution < -0.4 is 5.32 Å². The SMILES string of the molecule is Cc1ccc(-c2nc(C(=O)NCC3(O)CCCC3)cs2)o1. The zero-order chi connectivity index (χ0) is 14.9. The van der Waals surface area contributed by atoms with Gasteiger partial charge in [0.05, 0.1) is 5.60 Å². The van der Waals surface area contributed by atoms with E-state index in [0.717, 1.165) is 31.4 Å². The van der Waals surface area contributed by atoms with E-state index in [2.05, 4.69) is 10.3 Å². The Morgan fingerprint density at radius 1 is 1.48 bits per heavy atom. The van der Waals surface area contributed by atoms with Crippen molar-refractivity contribution in [1.82, 2.24) is 10.3 Å². The first-order valence-corrected chi connectivity index (χ1v) is 7.97. The van der Waals surface area contributed by atoms with E-state index >= 15 is 0 Å². The quantitative estimate of drug-likeness (QED) is 0.910. The molecule has 1 saturated carbocycles. The number of hydrogen-bond donors (Lipinski definition) is 2. The Morgan fingerprint density at radius 3 is 2.90 bits per heavy atom. The third-order valence-corrected chi connectivity index (χ3v) is 4.66. The smallest absolute Gasteiger partial charge is 0.270 e. The lowest BCUT2D eigenvalue weighted by Crippen LogP contribution is -2.40. The number of nitrogens with one attached hydrogen (secondary N) is 1. The summed E-state index contributed by atoms with van der Waals surface area (Å²) >= 11 is 1.37. The third-order valence-electron chi connectivity index (χ3n) is 3.80. The first kappa shape index (κ1) is 14.3. The molecule has 2 aromatic rings. The Balaban J connectivity index is 1.64. The van der Waals surface area contributed by atoms with Gasteiger partial charge < -0.3 is 14.8 Å². The molecule has 0 radical (unpaired) electrons. The lowest BCUT2D eigenvalue weighted by atomic mass is 10.0. The molecule has 5 nitrogen and oxygen atoms in total. The van der Waals surface area contributed by atoms with Crippen LogP contribution in [0, 0.1) is 6.92 Å². The Bertz CT molecular complexity index is 641. The molecule has 6 heteroatoms. The molecule has 0 spiro atoms. The minimum Gasteiger partial charge on any atom is -0.459 e. The summed E-state index contributed by atoms with van der Waals surface area (Å²) in [6.07, 6.45) is 3.54. The van der Waals surface area contributed by atoms with E-state index in [4.69, 9.17) is 4.42 Å². The number of rotatable bonds is 4. The second-order valence-corrected chi connectivity index (χ2v) is 6.42. The van der Waals surface area contributed by atoms with Gasteiger partial charge in [-0.1, -0.05) is 12.8 Å². The van der Waals surface area contributed by atoms with Crippen molar-refractivity contribution in [3.05, 3.63) is 29.0 Å². The summed E-state index contributed by atoms with van der Waals surface area (Å²) < 4.78 is 5.50. The monoisotopic (exact) mass is 306 g/mol. The lowest BCUT2D eigenvalue weighted by molar-refractivity contribution is 0.0449. The number of carbonyl (C=O) groups is 1. The molecule has 0 atom stereocenters. The topological polar surface area (TPSA) is 75.4 Å². The minimum absolute atomic E-state index is 0.249. The van der Waals surface area contributed by atoms with Crippen molar-refractivity contribution >= 4 is 17.2 Å². The van der Waals surface area contributed by atoms with Crippen molar-refractivity contribution in [2.24, 2.45) is 0 Å². The molecular formula is C15H18N2O3S. The summed E-state index contributed by atoms with van der Waals surface area (Å²) in [5.41, 5.74) is -0.377. The van der Waals surface area contributed by atoms with Gasteiger partial charge in [-0.05, 0) is 31.9 Å². The average molecular weight is 306 g/mol. The van der Waals surface area contributed by atoms with Crippen molar-refractivity contribution in [2.45, 2.75) is 38.2 Å². The molecule has 2 N–H and O–H groups in total. The van der Waals surface area contributed by atoms with E-state index in [1.165, 1.54) is 11.3 Å². The number of carbonyl (C=O) groups excluding carboxylic acids is 1. The zero-order valence-electron chi connectivity index (χ0n) is 11.9. The van der Waals surface area contributed by atoms with Crippen LogP contribution in [0.1, 0.15) is 41.9 Å². The molecule has 1 fully saturated rings. The number of thiazole rings is 1. The number of furan rings is 1. The standard InChI is InChI=1S/C15H18N2O3S/c1-10-4-5-12(20-10)14-17-11(8-21-14)13(18)16-9-15(19)6-2-3-7-15/h4-5,8,19H,2-3,6-7,9H2,1H3,(H,16,18). The Morgan fingerprint density at radius 2 is 2.24 bits per heavy atom. The van der Waals surface area contributed by atoms with E-state index in [9.17, 15) is 9.90 Å². The van der Waals surface area contributed by atoms with Gasteiger partial charge in [-0.15, -0.1) is 11.3 Å². The largest absolute Gasteiger partial charge is 0.459 e. The van der Waals surface area contributed by atoms with Gasteiger partial charge in [0, 0.05) is 11.9 Å². The molecule has 0 bridgehead atoms. The van der Waals surface area contributed by atoms with Gasteiger partial charge in [-0.2, -0.15) is 0 Å². The van der Waals surface area contributed by atoms with Gasteiger partial charge in [-0.3, -0.25) is 4.79 Å². The normalized spacial score (nSPS) is 17.0. The third kappa shape index (κ3) is 3.16. The van der Waals surface area contributed by atoms with Crippen molar-refractivity contribution in [3.8, 4) is 10.8 Å². The first-order chi connectivity index (χ1) is 10.1. The van der Waals surface area contributed by atoms with Crippen LogP contribution in [0.15, 0.2) is 21.9 Å². The molecule has 1 amide bonds. The average Bonchev–Trinajstić information content (AvgIpc) is 3.16. The predicted molar refractivity (Wildman–Crippen MR) is 80.3 cm³/mol. The maximum atomic E-state index is 12.1. The van der Waals surface area contributed by atoms with Gasteiger partial charge in [0.25, 0.3) is 5.91 Å². The number of hydrogen-bond acceptors (Lipinski definition) is 5. The summed E-state index contributed by atoms with van der Waals surface area (Å²) in [7, 11) is 0. The summed E-state index contributed by atoms with van der Waals surface area (Å²) in [6.45, 7) is 2.16. The molecule has 0 aliphatic heterocycles. The van der Waals surface area contributed by atoms with Crippen LogP contribution in [0.25, 0.3) is 10.8 Å². The highest BCUT2D eigenvalue weighted by Crippen LogP contribution is 2.29. The van der Waals surface area contributed by atoms with Crippen LogP contribution in [-0.4, -0.2) is 28.1 Å². The summed E-state index contributed by atoms with van der Waals surface area (Å²) in [4.78, 5) is 16.4. The summed E-state index contributed by atoms with van der Waals surface area (Å²) in [5, 5.41) is 15.4. The molecule has 0 saturated heterocycles. The van der Waals surface area contributed by atoms with Crippen LogP contribution in [-0.2, 0) is 0 Å². The molecule has 2 aromatic heterocycles. The van der Waals surface area contributed by atoms with Gasteiger partial charge in [0.15, 0.2) is 10.8 Å². The number of amides is 1. The van der Waals surface area contributed by atoms with Crippen LogP contribution in [0.4, 0.5) is 0 Å². The van der Waals surface area contributed by atoms with Crippen molar-refractivity contribution in [3.63, 3.8) is 0 Å². The summed E-state index contributed by atoms with van der Waals surface area (Å²) in [5.74, 6) is 1.24. The molecule has 112 valence electrons. The van der Waals surface area contributed by atoms with Gasteiger partial charge >= 0.3 is 0 Å². The zero-order valence-corrected chi connectivity index (χ0v) is 12.7. The number of nitrogens with zero attached hydrogens (tertiary/aromatic N) is 1. The minimum atomic E-state index is -0.743. The highest BCUT2D eigenvalue weighted by Gasteiger charge is 2.31. The molecule has 3 rings (SSSR count). The molecular weight excluding hydrogens is 288 g/mol. The van der Waals surface area contributed by atoms with E-state index in [1.807, 2.05) is 19.1 Å². The number of aromatic nitrogens is 1.